The summed E-state index contributed by atoms with van der Waals surface area (Å²) in [6.45, 7) is 5.09. The van der Waals surface area contributed by atoms with Crippen LogP contribution in [-0.4, -0.2) is 28.2 Å². The van der Waals surface area contributed by atoms with Crippen LogP contribution >= 0.6 is 0 Å². The van der Waals surface area contributed by atoms with Gasteiger partial charge in [-0.25, -0.2) is 9.97 Å². The zero-order valence-corrected chi connectivity index (χ0v) is 10.8. The fraction of sp³-hybridized carbons (Fsp3) is 0.429. The van der Waals surface area contributed by atoms with Gasteiger partial charge >= 0.3 is 0 Å². The number of nitrogens with zero attached hydrogens (tertiary/aromatic N) is 2. The van der Waals surface area contributed by atoms with Crippen LogP contribution in [0.25, 0.3) is 11.0 Å². The number of anilines is 1. The molecule has 2 aromatic rings. The van der Waals surface area contributed by atoms with Crippen molar-refractivity contribution < 1.29 is 5.11 Å². The lowest BCUT2D eigenvalue weighted by Crippen LogP contribution is -2.14. The Morgan fingerprint density at radius 2 is 1.89 bits per heavy atom. The van der Waals surface area contributed by atoms with Crippen LogP contribution in [0.4, 0.5) is 5.82 Å². The van der Waals surface area contributed by atoms with Crippen molar-refractivity contribution in [2.75, 3.05) is 18.5 Å². The van der Waals surface area contributed by atoms with Crippen LogP contribution < -0.4 is 5.32 Å². The summed E-state index contributed by atoms with van der Waals surface area (Å²) in [5.41, 5.74) is 2.73. The third-order valence-corrected chi connectivity index (χ3v) is 2.98. The number of hydrogen-bond acceptors (Lipinski definition) is 4. The molecular formula is C14H19N3O. The van der Waals surface area contributed by atoms with Crippen LogP contribution in [0, 0.1) is 12.8 Å². The summed E-state index contributed by atoms with van der Waals surface area (Å²) >= 11 is 0. The number of hydrogen-bond donors (Lipinski definition) is 2. The standard InChI is InChI=1S/C14H19N3O/c1-10(7-8-18)9-15-14-11(2)16-12-5-3-4-6-13(12)17-14/h3-6,10,18H,7-9H2,1-2H3,(H,15,17). The molecule has 1 unspecified atom stereocenters. The number of rotatable bonds is 5. The SMILES string of the molecule is Cc1nc2ccccc2nc1NCC(C)CCO. The minimum atomic E-state index is 0.227. The second kappa shape index (κ2) is 5.78. The number of aliphatic hydroxyl groups excluding tert-OH is 1. The highest BCUT2D eigenvalue weighted by Crippen LogP contribution is 2.16. The largest absolute Gasteiger partial charge is 0.396 e. The third kappa shape index (κ3) is 2.96. The molecular weight excluding hydrogens is 226 g/mol. The molecule has 1 heterocycles. The molecule has 96 valence electrons. The number of aliphatic hydroxyl groups is 1. The number of aromatic nitrogens is 2. The van der Waals surface area contributed by atoms with Gasteiger partial charge in [-0.2, -0.15) is 0 Å². The number of benzene rings is 1. The van der Waals surface area contributed by atoms with E-state index >= 15 is 0 Å². The Labute approximate surface area is 107 Å². The molecule has 0 amide bonds. The smallest absolute Gasteiger partial charge is 0.148 e. The van der Waals surface area contributed by atoms with Crippen molar-refractivity contribution in [1.82, 2.24) is 9.97 Å². The Bertz CT molecular complexity index is 527. The molecule has 18 heavy (non-hydrogen) atoms. The lowest BCUT2D eigenvalue weighted by Gasteiger charge is -2.13. The number of aryl methyl sites for hydroxylation is 1. The second-order valence-electron chi connectivity index (χ2n) is 4.64. The summed E-state index contributed by atoms with van der Waals surface area (Å²) in [6.07, 6.45) is 0.799. The van der Waals surface area contributed by atoms with Gasteiger partial charge in [0.25, 0.3) is 0 Å². The van der Waals surface area contributed by atoms with E-state index in [-0.39, 0.29) is 6.61 Å². The minimum Gasteiger partial charge on any atom is -0.396 e. The van der Waals surface area contributed by atoms with Crippen molar-refractivity contribution in [1.29, 1.82) is 0 Å². The molecule has 0 saturated heterocycles. The average molecular weight is 245 g/mol. The van der Waals surface area contributed by atoms with E-state index in [2.05, 4.69) is 22.2 Å². The molecule has 0 aliphatic heterocycles. The van der Waals surface area contributed by atoms with Crippen molar-refractivity contribution in [2.24, 2.45) is 5.92 Å². The predicted octanol–water partition coefficient (Wildman–Crippen LogP) is 2.37. The topological polar surface area (TPSA) is 58.0 Å². The summed E-state index contributed by atoms with van der Waals surface area (Å²) in [4.78, 5) is 9.10. The van der Waals surface area contributed by atoms with E-state index in [1.165, 1.54) is 0 Å². The van der Waals surface area contributed by atoms with Crippen LogP contribution in [0.1, 0.15) is 19.0 Å². The molecule has 0 spiro atoms. The van der Waals surface area contributed by atoms with Gasteiger partial charge in [0, 0.05) is 13.2 Å². The first-order valence-corrected chi connectivity index (χ1v) is 6.29. The molecule has 2 N–H and O–H groups in total. The Morgan fingerprint density at radius 1 is 1.22 bits per heavy atom. The van der Waals surface area contributed by atoms with Crippen molar-refractivity contribution in [3.8, 4) is 0 Å². The van der Waals surface area contributed by atoms with Gasteiger partial charge in [-0.05, 0) is 31.4 Å². The zero-order chi connectivity index (χ0) is 13.0. The van der Waals surface area contributed by atoms with Gasteiger partial charge in [-0.3, -0.25) is 0 Å². The van der Waals surface area contributed by atoms with Gasteiger partial charge in [-0.15, -0.1) is 0 Å². The maximum Gasteiger partial charge on any atom is 0.148 e. The Hall–Kier alpha value is -1.68. The van der Waals surface area contributed by atoms with Crippen molar-refractivity contribution >= 4 is 16.9 Å². The van der Waals surface area contributed by atoms with Gasteiger partial charge in [0.05, 0.1) is 16.7 Å². The van der Waals surface area contributed by atoms with Gasteiger partial charge in [-0.1, -0.05) is 19.1 Å². The molecule has 0 radical (unpaired) electrons. The van der Waals surface area contributed by atoms with Gasteiger partial charge in [0.1, 0.15) is 5.82 Å². The Morgan fingerprint density at radius 3 is 2.56 bits per heavy atom. The molecule has 1 aromatic heterocycles. The Balaban J connectivity index is 2.15. The van der Waals surface area contributed by atoms with Crippen molar-refractivity contribution in [3.63, 3.8) is 0 Å². The highest BCUT2D eigenvalue weighted by Gasteiger charge is 2.06. The maximum absolute atomic E-state index is 8.87. The van der Waals surface area contributed by atoms with Gasteiger partial charge in [0.15, 0.2) is 0 Å². The summed E-state index contributed by atoms with van der Waals surface area (Å²) in [6, 6.07) is 7.86. The molecule has 2 rings (SSSR count). The number of nitrogens with one attached hydrogen (secondary N) is 1. The van der Waals surface area contributed by atoms with Crippen LogP contribution in [0.2, 0.25) is 0 Å². The van der Waals surface area contributed by atoms with Crippen molar-refractivity contribution in [2.45, 2.75) is 20.3 Å². The van der Waals surface area contributed by atoms with Crippen LogP contribution in [0.3, 0.4) is 0 Å². The van der Waals surface area contributed by atoms with E-state index < -0.39 is 0 Å². The fourth-order valence-electron chi connectivity index (χ4n) is 1.85. The highest BCUT2D eigenvalue weighted by atomic mass is 16.3. The Kier molecular flexibility index (Phi) is 4.10. The predicted molar refractivity (Wildman–Crippen MR) is 73.6 cm³/mol. The lowest BCUT2D eigenvalue weighted by atomic mass is 10.1. The van der Waals surface area contributed by atoms with Gasteiger partial charge in [0.2, 0.25) is 0 Å². The molecule has 1 aromatic carbocycles. The summed E-state index contributed by atoms with van der Waals surface area (Å²) < 4.78 is 0. The molecule has 0 bridgehead atoms. The van der Waals surface area contributed by atoms with Crippen LogP contribution in [0.15, 0.2) is 24.3 Å². The van der Waals surface area contributed by atoms with E-state index in [1.54, 1.807) is 0 Å². The molecule has 4 nitrogen and oxygen atoms in total. The highest BCUT2D eigenvalue weighted by molar-refractivity contribution is 5.76. The third-order valence-electron chi connectivity index (χ3n) is 2.98. The first-order chi connectivity index (χ1) is 8.70. The summed E-state index contributed by atoms with van der Waals surface area (Å²) in [5, 5.41) is 12.2. The number of fused-ring (bicyclic) bond motifs is 1. The average Bonchev–Trinajstić information content (AvgIpc) is 2.36. The molecule has 0 aliphatic carbocycles. The lowest BCUT2D eigenvalue weighted by molar-refractivity contribution is 0.266. The van der Waals surface area contributed by atoms with Crippen molar-refractivity contribution in [3.05, 3.63) is 30.0 Å². The zero-order valence-electron chi connectivity index (χ0n) is 10.8. The monoisotopic (exact) mass is 245 g/mol. The quantitative estimate of drug-likeness (QED) is 0.849. The first-order valence-electron chi connectivity index (χ1n) is 6.29. The maximum atomic E-state index is 8.87. The first kappa shape index (κ1) is 12.8. The molecule has 4 heteroatoms. The molecule has 0 fully saturated rings. The second-order valence-corrected chi connectivity index (χ2v) is 4.64. The normalized spacial score (nSPS) is 12.6. The van der Waals surface area contributed by atoms with Crippen LogP contribution in [-0.2, 0) is 0 Å². The minimum absolute atomic E-state index is 0.227. The van der Waals surface area contributed by atoms with Gasteiger partial charge < -0.3 is 10.4 Å². The molecule has 0 aliphatic rings. The molecule has 1 atom stereocenters. The van der Waals surface area contributed by atoms with E-state index in [1.807, 2.05) is 31.2 Å². The van der Waals surface area contributed by atoms with E-state index in [0.717, 1.165) is 35.5 Å². The fourth-order valence-corrected chi connectivity index (χ4v) is 1.85. The summed E-state index contributed by atoms with van der Waals surface area (Å²) in [5.74, 6) is 1.25. The summed E-state index contributed by atoms with van der Waals surface area (Å²) in [7, 11) is 0. The van der Waals surface area contributed by atoms with E-state index in [4.69, 9.17) is 5.11 Å². The van der Waals surface area contributed by atoms with Crippen LogP contribution in [0.5, 0.6) is 0 Å². The van der Waals surface area contributed by atoms with E-state index in [0.29, 0.717) is 5.92 Å². The molecule has 0 saturated carbocycles. The number of para-hydroxylation sites is 2. The van der Waals surface area contributed by atoms with E-state index in [9.17, 15) is 0 Å².